The summed E-state index contributed by atoms with van der Waals surface area (Å²) >= 11 is 0. The molecule has 3 heteroatoms. The molecule has 1 fully saturated rings. The van der Waals surface area contributed by atoms with Crippen LogP contribution in [0.25, 0.3) is 0 Å². The number of hydrogen-bond donors (Lipinski definition) is 1. The molecule has 3 unspecified atom stereocenters. The molecule has 1 aliphatic carbocycles. The largest absolute Gasteiger partial charge is 0.489 e. The number of aryl methyl sites for hydroxylation is 1. The summed E-state index contributed by atoms with van der Waals surface area (Å²) in [7, 11) is 0. The third-order valence-corrected chi connectivity index (χ3v) is 4.61. The molecule has 0 heterocycles. The summed E-state index contributed by atoms with van der Waals surface area (Å²) in [4.78, 5) is 0. The van der Waals surface area contributed by atoms with Crippen LogP contribution < -0.4 is 10.1 Å². The summed E-state index contributed by atoms with van der Waals surface area (Å²) in [5.41, 5.74) is 1.13. The maximum atomic E-state index is 13.3. The second-order valence-electron chi connectivity index (χ2n) is 5.72. The van der Waals surface area contributed by atoms with E-state index in [9.17, 15) is 4.39 Å². The van der Waals surface area contributed by atoms with Crippen LogP contribution in [-0.4, -0.2) is 18.7 Å². The van der Waals surface area contributed by atoms with Gasteiger partial charge in [-0.05, 0) is 31.5 Å². The normalized spacial score (nSPS) is 29.9. The Morgan fingerprint density at radius 2 is 2.16 bits per heavy atom. The molecule has 19 heavy (non-hydrogen) atoms. The zero-order valence-electron chi connectivity index (χ0n) is 12.3. The topological polar surface area (TPSA) is 21.3 Å². The second kappa shape index (κ2) is 5.49. The SMILES string of the molecule is CCNC1CC(Oc2cc(F)ccc2C)C1(C)CC. The van der Waals surface area contributed by atoms with E-state index in [1.165, 1.54) is 12.1 Å². The molecule has 2 nitrogen and oxygen atoms in total. The summed E-state index contributed by atoms with van der Waals surface area (Å²) in [5, 5.41) is 3.51. The van der Waals surface area contributed by atoms with E-state index in [-0.39, 0.29) is 17.3 Å². The van der Waals surface area contributed by atoms with Crippen molar-refractivity contribution < 1.29 is 9.13 Å². The summed E-state index contributed by atoms with van der Waals surface area (Å²) in [5.74, 6) is 0.445. The van der Waals surface area contributed by atoms with Crippen molar-refractivity contribution in [3.8, 4) is 5.75 Å². The molecule has 0 bridgehead atoms. The Labute approximate surface area is 115 Å². The minimum atomic E-state index is -0.235. The van der Waals surface area contributed by atoms with Crippen molar-refractivity contribution in [3.05, 3.63) is 29.6 Å². The van der Waals surface area contributed by atoms with Gasteiger partial charge in [-0.1, -0.05) is 26.8 Å². The van der Waals surface area contributed by atoms with E-state index >= 15 is 0 Å². The van der Waals surface area contributed by atoms with Crippen molar-refractivity contribution in [3.63, 3.8) is 0 Å². The summed E-state index contributed by atoms with van der Waals surface area (Å²) in [6.45, 7) is 9.51. The molecule has 1 aromatic rings. The van der Waals surface area contributed by atoms with E-state index in [4.69, 9.17) is 4.74 Å². The van der Waals surface area contributed by atoms with Crippen molar-refractivity contribution in [2.24, 2.45) is 5.41 Å². The first-order valence-electron chi connectivity index (χ1n) is 7.17. The average Bonchev–Trinajstić information content (AvgIpc) is 2.40. The van der Waals surface area contributed by atoms with Crippen molar-refractivity contribution >= 4 is 0 Å². The van der Waals surface area contributed by atoms with Gasteiger partial charge in [0.05, 0.1) is 0 Å². The van der Waals surface area contributed by atoms with Crippen LogP contribution in [0, 0.1) is 18.2 Å². The third kappa shape index (κ3) is 2.62. The van der Waals surface area contributed by atoms with Crippen molar-refractivity contribution in [2.45, 2.75) is 52.7 Å². The van der Waals surface area contributed by atoms with Gasteiger partial charge in [0.1, 0.15) is 17.7 Å². The molecule has 1 saturated carbocycles. The molecule has 1 aliphatic rings. The zero-order chi connectivity index (χ0) is 14.0. The predicted molar refractivity (Wildman–Crippen MR) is 76.0 cm³/mol. The molecular weight excluding hydrogens is 241 g/mol. The van der Waals surface area contributed by atoms with E-state index in [1.807, 2.05) is 6.92 Å². The standard InChI is InChI=1S/C16H24FNO/c1-5-16(4)14(18-6-2)10-15(16)19-13-9-12(17)8-7-11(13)3/h7-9,14-15,18H,5-6,10H2,1-4H3. The Morgan fingerprint density at radius 3 is 2.79 bits per heavy atom. The van der Waals surface area contributed by atoms with E-state index in [0.29, 0.717) is 11.8 Å². The highest BCUT2D eigenvalue weighted by molar-refractivity contribution is 5.33. The van der Waals surface area contributed by atoms with Gasteiger partial charge < -0.3 is 10.1 Å². The smallest absolute Gasteiger partial charge is 0.126 e. The van der Waals surface area contributed by atoms with Gasteiger partial charge in [0, 0.05) is 23.9 Å². The van der Waals surface area contributed by atoms with Gasteiger partial charge >= 0.3 is 0 Å². The third-order valence-electron chi connectivity index (χ3n) is 4.61. The fraction of sp³-hybridized carbons (Fsp3) is 0.625. The van der Waals surface area contributed by atoms with Crippen molar-refractivity contribution in [2.75, 3.05) is 6.54 Å². The van der Waals surface area contributed by atoms with E-state index in [1.54, 1.807) is 6.07 Å². The van der Waals surface area contributed by atoms with Gasteiger partial charge in [0.15, 0.2) is 0 Å². The van der Waals surface area contributed by atoms with Gasteiger partial charge in [-0.2, -0.15) is 0 Å². The van der Waals surface area contributed by atoms with Gasteiger partial charge in [-0.15, -0.1) is 0 Å². The lowest BCUT2D eigenvalue weighted by atomic mass is 9.61. The quantitative estimate of drug-likeness (QED) is 0.877. The fourth-order valence-corrected chi connectivity index (χ4v) is 2.89. The molecule has 0 spiro atoms. The van der Waals surface area contributed by atoms with Crippen LogP contribution in [0.3, 0.4) is 0 Å². The van der Waals surface area contributed by atoms with Gasteiger partial charge in [0.25, 0.3) is 0 Å². The average molecular weight is 265 g/mol. The minimum Gasteiger partial charge on any atom is -0.489 e. The molecule has 0 aromatic heterocycles. The lowest BCUT2D eigenvalue weighted by molar-refractivity contribution is -0.0700. The van der Waals surface area contributed by atoms with Gasteiger partial charge in [0.2, 0.25) is 0 Å². The summed E-state index contributed by atoms with van der Waals surface area (Å²) in [6.07, 6.45) is 2.22. The molecule has 3 atom stereocenters. The lowest BCUT2D eigenvalue weighted by Gasteiger charge is -2.53. The Balaban J connectivity index is 2.10. The number of nitrogens with one attached hydrogen (secondary N) is 1. The maximum absolute atomic E-state index is 13.3. The fourth-order valence-electron chi connectivity index (χ4n) is 2.89. The highest BCUT2D eigenvalue weighted by atomic mass is 19.1. The molecule has 0 aliphatic heterocycles. The Morgan fingerprint density at radius 1 is 1.42 bits per heavy atom. The molecule has 106 valence electrons. The predicted octanol–water partition coefficient (Wildman–Crippen LogP) is 3.68. The molecule has 0 saturated heterocycles. The van der Waals surface area contributed by atoms with Crippen LogP contribution in [0.2, 0.25) is 0 Å². The number of rotatable bonds is 5. The molecule has 1 aromatic carbocycles. The molecular formula is C16H24FNO. The number of halogens is 1. The molecule has 2 rings (SSSR count). The molecule has 1 N–H and O–H groups in total. The lowest BCUT2D eigenvalue weighted by Crippen LogP contribution is -2.63. The maximum Gasteiger partial charge on any atom is 0.126 e. The molecule has 0 amide bonds. The Hall–Kier alpha value is -1.09. The zero-order valence-corrected chi connectivity index (χ0v) is 12.3. The van der Waals surface area contributed by atoms with Crippen LogP contribution in [-0.2, 0) is 0 Å². The highest BCUT2D eigenvalue weighted by Crippen LogP contribution is 2.46. The first-order chi connectivity index (χ1) is 9.01. The summed E-state index contributed by atoms with van der Waals surface area (Å²) < 4.78 is 19.4. The second-order valence-corrected chi connectivity index (χ2v) is 5.72. The number of benzene rings is 1. The first-order valence-corrected chi connectivity index (χ1v) is 7.17. The van der Waals surface area contributed by atoms with Crippen molar-refractivity contribution in [1.82, 2.24) is 5.32 Å². The molecule has 0 radical (unpaired) electrons. The summed E-state index contributed by atoms with van der Waals surface area (Å²) in [6, 6.07) is 5.24. The Bertz CT molecular complexity index is 448. The van der Waals surface area contributed by atoms with Gasteiger partial charge in [-0.3, -0.25) is 0 Å². The van der Waals surface area contributed by atoms with E-state index < -0.39 is 0 Å². The monoisotopic (exact) mass is 265 g/mol. The van der Waals surface area contributed by atoms with Gasteiger partial charge in [-0.25, -0.2) is 4.39 Å². The minimum absolute atomic E-state index is 0.134. The number of ether oxygens (including phenoxy) is 1. The van der Waals surface area contributed by atoms with E-state index in [2.05, 4.69) is 26.1 Å². The van der Waals surface area contributed by atoms with Crippen LogP contribution in [0.15, 0.2) is 18.2 Å². The Kier molecular flexibility index (Phi) is 4.14. The van der Waals surface area contributed by atoms with Crippen LogP contribution >= 0.6 is 0 Å². The van der Waals surface area contributed by atoms with Crippen molar-refractivity contribution in [1.29, 1.82) is 0 Å². The van der Waals surface area contributed by atoms with Crippen LogP contribution in [0.5, 0.6) is 5.75 Å². The number of hydrogen-bond acceptors (Lipinski definition) is 2. The van der Waals surface area contributed by atoms with E-state index in [0.717, 1.165) is 24.9 Å². The van der Waals surface area contributed by atoms with Crippen LogP contribution in [0.4, 0.5) is 4.39 Å². The first kappa shape index (κ1) is 14.3. The highest BCUT2D eigenvalue weighted by Gasteiger charge is 2.51. The van der Waals surface area contributed by atoms with Crippen LogP contribution in [0.1, 0.15) is 39.2 Å².